The maximum Gasteiger partial charge on any atom is 0.247 e. The lowest BCUT2D eigenvalue weighted by molar-refractivity contribution is -0.131. The summed E-state index contributed by atoms with van der Waals surface area (Å²) in [6.45, 7) is 10.7. The summed E-state index contributed by atoms with van der Waals surface area (Å²) in [4.78, 5) is 27.5. The van der Waals surface area contributed by atoms with Crippen molar-refractivity contribution < 1.29 is 9.59 Å². The molecule has 0 saturated carbocycles. The number of benzene rings is 2. The van der Waals surface area contributed by atoms with E-state index in [1.165, 1.54) is 6.08 Å². The zero-order valence-electron chi connectivity index (χ0n) is 20.7. The van der Waals surface area contributed by atoms with E-state index in [2.05, 4.69) is 26.1 Å². The number of amides is 2. The minimum atomic E-state index is -0.264. The quantitative estimate of drug-likeness (QED) is 0.466. The summed E-state index contributed by atoms with van der Waals surface area (Å²) in [6.07, 6.45) is 3.30. The van der Waals surface area contributed by atoms with Gasteiger partial charge in [0.2, 0.25) is 11.8 Å². The van der Waals surface area contributed by atoms with E-state index in [-0.39, 0.29) is 29.7 Å². The Bertz CT molecular complexity index is 1130. The lowest BCUT2D eigenvalue weighted by Gasteiger charge is -2.23. The number of nitrogens with one attached hydrogen (secondary N) is 1. The van der Waals surface area contributed by atoms with Crippen molar-refractivity contribution in [2.24, 2.45) is 5.92 Å². The Morgan fingerprint density at radius 3 is 2.24 bits per heavy atom. The van der Waals surface area contributed by atoms with Gasteiger partial charge in [-0.15, -0.1) is 0 Å². The molecule has 0 aliphatic rings. The SMILES string of the molecule is CC(C)CN(CC(=O)Nc1cc(C(C)(C)C)nn1-c1ccccc1)C(=O)C=Cc1ccccc1. The number of rotatable bonds is 8. The van der Waals surface area contributed by atoms with Gasteiger partial charge in [0.1, 0.15) is 12.4 Å². The molecule has 178 valence electrons. The zero-order valence-corrected chi connectivity index (χ0v) is 20.7. The van der Waals surface area contributed by atoms with Crippen molar-refractivity contribution in [1.82, 2.24) is 14.7 Å². The second-order valence-electron chi connectivity index (χ2n) is 9.82. The number of hydrogen-bond donors (Lipinski definition) is 1. The second-order valence-corrected chi connectivity index (χ2v) is 9.82. The minimum absolute atomic E-state index is 0.0407. The first-order valence-corrected chi connectivity index (χ1v) is 11.6. The summed E-state index contributed by atoms with van der Waals surface area (Å²) < 4.78 is 1.74. The van der Waals surface area contributed by atoms with E-state index >= 15 is 0 Å². The van der Waals surface area contributed by atoms with Crippen LogP contribution in [0.4, 0.5) is 5.82 Å². The molecule has 0 atom stereocenters. The Labute approximate surface area is 202 Å². The first-order valence-electron chi connectivity index (χ1n) is 11.6. The molecule has 0 fully saturated rings. The van der Waals surface area contributed by atoms with Crippen LogP contribution in [0, 0.1) is 5.92 Å². The van der Waals surface area contributed by atoms with Crippen LogP contribution < -0.4 is 5.32 Å². The summed E-state index contributed by atoms with van der Waals surface area (Å²) in [5.41, 5.74) is 2.48. The van der Waals surface area contributed by atoms with Crippen LogP contribution in [-0.2, 0) is 15.0 Å². The number of nitrogens with zero attached hydrogens (tertiary/aromatic N) is 3. The van der Waals surface area contributed by atoms with Crippen molar-refractivity contribution >= 4 is 23.7 Å². The lowest BCUT2D eigenvalue weighted by atomic mass is 9.92. The molecule has 3 aromatic rings. The highest BCUT2D eigenvalue weighted by atomic mass is 16.2. The summed E-state index contributed by atoms with van der Waals surface area (Å²) in [5.74, 6) is 0.349. The van der Waals surface area contributed by atoms with Gasteiger partial charge in [-0.3, -0.25) is 9.59 Å². The Hall–Kier alpha value is -3.67. The van der Waals surface area contributed by atoms with Crippen LogP contribution in [0.2, 0.25) is 0 Å². The van der Waals surface area contributed by atoms with Crippen molar-refractivity contribution in [3.05, 3.63) is 84.1 Å². The number of carbonyl (C=O) groups excluding carboxylic acids is 2. The second kappa shape index (κ2) is 11.0. The first-order chi connectivity index (χ1) is 16.1. The van der Waals surface area contributed by atoms with Crippen LogP contribution >= 0.6 is 0 Å². The molecule has 0 saturated heterocycles. The van der Waals surface area contributed by atoms with Crippen LogP contribution in [-0.4, -0.2) is 39.6 Å². The number of para-hydroxylation sites is 1. The normalized spacial score (nSPS) is 11.7. The maximum atomic E-state index is 13.1. The van der Waals surface area contributed by atoms with Crippen molar-refractivity contribution in [3.63, 3.8) is 0 Å². The van der Waals surface area contributed by atoms with E-state index < -0.39 is 0 Å². The van der Waals surface area contributed by atoms with Crippen LogP contribution in [0.25, 0.3) is 11.8 Å². The van der Waals surface area contributed by atoms with Crippen LogP contribution in [0.3, 0.4) is 0 Å². The molecule has 0 bridgehead atoms. The predicted molar refractivity (Wildman–Crippen MR) is 138 cm³/mol. The number of hydrogen-bond acceptors (Lipinski definition) is 3. The van der Waals surface area contributed by atoms with Crippen LogP contribution in [0.1, 0.15) is 45.9 Å². The predicted octanol–water partition coefficient (Wildman–Crippen LogP) is 5.31. The molecule has 2 amide bonds. The fourth-order valence-corrected chi connectivity index (χ4v) is 3.47. The van der Waals surface area contributed by atoms with Crippen molar-refractivity contribution in [3.8, 4) is 5.69 Å². The molecule has 0 unspecified atom stereocenters. The fraction of sp³-hybridized carbons (Fsp3) is 0.321. The van der Waals surface area contributed by atoms with Crippen molar-refractivity contribution in [2.75, 3.05) is 18.4 Å². The van der Waals surface area contributed by atoms with E-state index in [9.17, 15) is 9.59 Å². The first kappa shape index (κ1) is 25.0. The molecular formula is C28H34N4O2. The lowest BCUT2D eigenvalue weighted by Crippen LogP contribution is -2.39. The summed E-state index contributed by atoms with van der Waals surface area (Å²) in [7, 11) is 0. The number of carbonyl (C=O) groups is 2. The smallest absolute Gasteiger partial charge is 0.247 e. The Kier molecular flexibility index (Phi) is 8.05. The Balaban J connectivity index is 1.79. The average Bonchev–Trinajstić information content (AvgIpc) is 3.22. The molecule has 0 radical (unpaired) electrons. The third-order valence-electron chi connectivity index (χ3n) is 5.20. The van der Waals surface area contributed by atoms with E-state index in [1.807, 2.05) is 80.6 Å². The van der Waals surface area contributed by atoms with E-state index in [4.69, 9.17) is 5.10 Å². The van der Waals surface area contributed by atoms with Gasteiger partial charge in [-0.2, -0.15) is 5.10 Å². The molecule has 6 heteroatoms. The summed E-state index contributed by atoms with van der Waals surface area (Å²) in [5, 5.41) is 7.72. The van der Waals surface area contributed by atoms with Crippen molar-refractivity contribution in [2.45, 2.75) is 40.0 Å². The van der Waals surface area contributed by atoms with Gasteiger partial charge in [0.05, 0.1) is 11.4 Å². The average molecular weight is 459 g/mol. The molecule has 2 aromatic carbocycles. The number of aromatic nitrogens is 2. The Morgan fingerprint density at radius 2 is 1.65 bits per heavy atom. The third-order valence-corrected chi connectivity index (χ3v) is 5.20. The largest absolute Gasteiger partial charge is 0.330 e. The van der Waals surface area contributed by atoms with Gasteiger partial charge in [0, 0.05) is 24.1 Å². The maximum absolute atomic E-state index is 13.1. The van der Waals surface area contributed by atoms with E-state index in [0.29, 0.717) is 12.4 Å². The van der Waals surface area contributed by atoms with Gasteiger partial charge in [-0.05, 0) is 29.7 Å². The van der Waals surface area contributed by atoms with Gasteiger partial charge in [-0.1, -0.05) is 83.1 Å². The molecule has 0 aliphatic heterocycles. The molecule has 1 aromatic heterocycles. The van der Waals surface area contributed by atoms with Gasteiger partial charge in [0.25, 0.3) is 0 Å². The van der Waals surface area contributed by atoms with Gasteiger partial charge in [0.15, 0.2) is 0 Å². The van der Waals surface area contributed by atoms with Gasteiger partial charge >= 0.3 is 0 Å². The highest BCUT2D eigenvalue weighted by Crippen LogP contribution is 2.26. The number of anilines is 1. The molecule has 0 aliphatic carbocycles. The molecule has 34 heavy (non-hydrogen) atoms. The standard InChI is InChI=1S/C28H34N4O2/c1-21(2)19-31(27(34)17-16-22-12-8-6-9-13-22)20-26(33)29-25-18-24(28(3,4)5)30-32(25)23-14-10-7-11-15-23/h6-18,21H,19-20H2,1-5H3,(H,29,33). The van der Waals surface area contributed by atoms with Gasteiger partial charge in [-0.25, -0.2) is 4.68 Å². The summed E-state index contributed by atoms with van der Waals surface area (Å²) >= 11 is 0. The Morgan fingerprint density at radius 1 is 1.03 bits per heavy atom. The highest BCUT2D eigenvalue weighted by molar-refractivity contribution is 5.97. The van der Waals surface area contributed by atoms with Crippen LogP contribution in [0.5, 0.6) is 0 Å². The summed E-state index contributed by atoms with van der Waals surface area (Å²) in [6, 6.07) is 21.2. The van der Waals surface area contributed by atoms with Crippen molar-refractivity contribution in [1.29, 1.82) is 0 Å². The molecule has 0 spiro atoms. The van der Waals surface area contributed by atoms with E-state index in [0.717, 1.165) is 16.9 Å². The highest BCUT2D eigenvalue weighted by Gasteiger charge is 2.23. The molecule has 1 N–H and O–H groups in total. The topological polar surface area (TPSA) is 67.2 Å². The molecule has 3 rings (SSSR count). The van der Waals surface area contributed by atoms with E-state index in [1.54, 1.807) is 15.7 Å². The zero-order chi connectivity index (χ0) is 24.7. The molecular weight excluding hydrogens is 424 g/mol. The minimum Gasteiger partial charge on any atom is -0.330 e. The molecule has 6 nitrogen and oxygen atoms in total. The third kappa shape index (κ3) is 6.91. The van der Waals surface area contributed by atoms with Crippen LogP contribution in [0.15, 0.2) is 72.8 Å². The van der Waals surface area contributed by atoms with Gasteiger partial charge < -0.3 is 10.2 Å². The molecule has 1 heterocycles. The fourth-order valence-electron chi connectivity index (χ4n) is 3.47. The monoisotopic (exact) mass is 458 g/mol.